The number of nitrogen functional groups attached to an aromatic ring is 1. The molecule has 0 aliphatic carbocycles. The molecule has 1 heterocycles. The second-order valence-electron chi connectivity index (χ2n) is 3.62. The van der Waals surface area contributed by atoms with Crippen molar-refractivity contribution >= 4 is 11.8 Å². The van der Waals surface area contributed by atoms with Gasteiger partial charge in [-0.3, -0.25) is 0 Å². The van der Waals surface area contributed by atoms with Gasteiger partial charge in [0.2, 0.25) is 11.8 Å². The summed E-state index contributed by atoms with van der Waals surface area (Å²) in [6.07, 6.45) is 0. The zero-order valence-corrected chi connectivity index (χ0v) is 9.77. The molecular weight excluding hydrogens is 216 g/mol. The number of benzene rings is 1. The van der Waals surface area contributed by atoms with Gasteiger partial charge in [0.1, 0.15) is 11.6 Å². The van der Waals surface area contributed by atoms with Crippen LogP contribution >= 0.6 is 0 Å². The third kappa shape index (κ3) is 2.84. The molecule has 1 aromatic heterocycles. The number of aryl methyl sites for hydroxylation is 1. The van der Waals surface area contributed by atoms with Crippen molar-refractivity contribution in [2.45, 2.75) is 6.92 Å². The lowest BCUT2D eigenvalue weighted by Crippen LogP contribution is -2.01. The van der Waals surface area contributed by atoms with Crippen molar-refractivity contribution in [3.05, 3.63) is 35.9 Å². The number of nitrogens with two attached hydrogens (primary N) is 1. The lowest BCUT2D eigenvalue weighted by atomic mass is 10.2. The van der Waals surface area contributed by atoms with Crippen LogP contribution in [0.1, 0.15) is 5.56 Å². The van der Waals surface area contributed by atoms with Gasteiger partial charge in [0, 0.05) is 13.1 Å². The average Bonchev–Trinajstić information content (AvgIpc) is 2.28. The van der Waals surface area contributed by atoms with Gasteiger partial charge in [0.25, 0.3) is 0 Å². The summed E-state index contributed by atoms with van der Waals surface area (Å²) >= 11 is 0. The molecule has 0 fully saturated rings. The number of anilines is 2. The van der Waals surface area contributed by atoms with Crippen LogP contribution in [-0.4, -0.2) is 17.0 Å². The molecule has 0 radical (unpaired) electrons. The molecular formula is C12H14N4O. The number of aromatic nitrogens is 2. The second-order valence-corrected chi connectivity index (χ2v) is 3.62. The lowest BCUT2D eigenvalue weighted by Gasteiger charge is -2.07. The van der Waals surface area contributed by atoms with E-state index in [4.69, 9.17) is 10.5 Å². The Bertz CT molecular complexity index is 528. The maximum Gasteiger partial charge on any atom is 0.226 e. The van der Waals surface area contributed by atoms with E-state index in [0.717, 1.165) is 11.3 Å². The van der Waals surface area contributed by atoms with E-state index in [1.807, 2.05) is 31.2 Å². The average molecular weight is 230 g/mol. The van der Waals surface area contributed by atoms with E-state index in [1.54, 1.807) is 13.1 Å². The molecule has 0 unspecified atom stereocenters. The van der Waals surface area contributed by atoms with Crippen LogP contribution in [0, 0.1) is 6.92 Å². The minimum absolute atomic E-state index is 0.180. The molecule has 17 heavy (non-hydrogen) atoms. The molecule has 5 heteroatoms. The van der Waals surface area contributed by atoms with Gasteiger partial charge < -0.3 is 15.8 Å². The zero-order valence-electron chi connectivity index (χ0n) is 9.77. The number of rotatable bonds is 3. The van der Waals surface area contributed by atoms with Gasteiger partial charge in [-0.05, 0) is 24.6 Å². The first-order valence-electron chi connectivity index (χ1n) is 5.24. The number of hydrogen-bond acceptors (Lipinski definition) is 5. The van der Waals surface area contributed by atoms with Crippen molar-refractivity contribution in [1.82, 2.24) is 9.97 Å². The van der Waals surface area contributed by atoms with E-state index in [0.29, 0.717) is 11.7 Å². The van der Waals surface area contributed by atoms with Crippen LogP contribution in [-0.2, 0) is 0 Å². The summed E-state index contributed by atoms with van der Waals surface area (Å²) in [6, 6.07) is 9.41. The highest BCUT2D eigenvalue weighted by molar-refractivity contribution is 5.43. The van der Waals surface area contributed by atoms with Crippen LogP contribution < -0.4 is 15.8 Å². The van der Waals surface area contributed by atoms with Crippen molar-refractivity contribution in [2.24, 2.45) is 0 Å². The molecule has 0 aliphatic heterocycles. The molecule has 0 amide bonds. The first-order chi connectivity index (χ1) is 8.17. The van der Waals surface area contributed by atoms with Gasteiger partial charge in [-0.15, -0.1) is 0 Å². The van der Waals surface area contributed by atoms with E-state index in [2.05, 4.69) is 15.3 Å². The molecule has 0 aliphatic rings. The normalized spacial score (nSPS) is 10.0. The molecule has 3 N–H and O–H groups in total. The van der Waals surface area contributed by atoms with E-state index in [9.17, 15) is 0 Å². The molecule has 1 aromatic carbocycles. The number of hydrogen-bond donors (Lipinski definition) is 2. The Morgan fingerprint density at radius 1 is 1.24 bits per heavy atom. The summed E-state index contributed by atoms with van der Waals surface area (Å²) in [5.41, 5.74) is 6.70. The SMILES string of the molecule is CNc1cc(Oc2cccc(C)c2)nc(N)n1. The molecule has 88 valence electrons. The standard InChI is InChI=1S/C12H14N4O/c1-8-4-3-5-9(6-8)17-11-7-10(14-2)15-12(13)16-11/h3-7H,1-2H3,(H3,13,14,15,16). The molecule has 0 bridgehead atoms. The fourth-order valence-corrected chi connectivity index (χ4v) is 1.42. The summed E-state index contributed by atoms with van der Waals surface area (Å²) in [4.78, 5) is 8.00. The molecule has 0 saturated carbocycles. The van der Waals surface area contributed by atoms with Gasteiger partial charge >= 0.3 is 0 Å². The Hall–Kier alpha value is -2.30. The van der Waals surface area contributed by atoms with E-state index < -0.39 is 0 Å². The highest BCUT2D eigenvalue weighted by Gasteiger charge is 2.03. The molecule has 0 saturated heterocycles. The Kier molecular flexibility index (Phi) is 3.09. The predicted molar refractivity (Wildman–Crippen MR) is 67.2 cm³/mol. The quantitative estimate of drug-likeness (QED) is 0.845. The summed E-state index contributed by atoms with van der Waals surface area (Å²) in [6.45, 7) is 2.00. The van der Waals surface area contributed by atoms with Crippen LogP contribution in [0.3, 0.4) is 0 Å². The molecule has 2 rings (SSSR count). The topological polar surface area (TPSA) is 73.1 Å². The van der Waals surface area contributed by atoms with Crippen LogP contribution in [0.4, 0.5) is 11.8 Å². The monoisotopic (exact) mass is 230 g/mol. The Morgan fingerprint density at radius 3 is 2.76 bits per heavy atom. The predicted octanol–water partition coefficient (Wildman–Crippen LogP) is 2.20. The fourth-order valence-electron chi connectivity index (χ4n) is 1.42. The van der Waals surface area contributed by atoms with E-state index in [1.165, 1.54) is 0 Å². The Balaban J connectivity index is 2.26. The summed E-state index contributed by atoms with van der Waals surface area (Å²) in [7, 11) is 1.76. The van der Waals surface area contributed by atoms with Gasteiger partial charge in [0.15, 0.2) is 0 Å². The number of ether oxygens (including phenoxy) is 1. The van der Waals surface area contributed by atoms with Crippen LogP contribution in [0.15, 0.2) is 30.3 Å². The highest BCUT2D eigenvalue weighted by Crippen LogP contribution is 2.22. The third-order valence-electron chi connectivity index (χ3n) is 2.19. The Morgan fingerprint density at radius 2 is 2.06 bits per heavy atom. The Labute approximate surface area is 99.7 Å². The van der Waals surface area contributed by atoms with Crippen molar-refractivity contribution in [3.8, 4) is 11.6 Å². The van der Waals surface area contributed by atoms with Crippen molar-refractivity contribution in [3.63, 3.8) is 0 Å². The molecule has 5 nitrogen and oxygen atoms in total. The highest BCUT2D eigenvalue weighted by atomic mass is 16.5. The molecule has 0 spiro atoms. The summed E-state index contributed by atoms with van der Waals surface area (Å²) in [5.74, 6) is 1.96. The van der Waals surface area contributed by atoms with Crippen molar-refractivity contribution < 1.29 is 4.74 Å². The van der Waals surface area contributed by atoms with Gasteiger partial charge in [-0.2, -0.15) is 9.97 Å². The number of nitrogens with one attached hydrogen (secondary N) is 1. The fraction of sp³-hybridized carbons (Fsp3) is 0.167. The minimum Gasteiger partial charge on any atom is -0.439 e. The largest absolute Gasteiger partial charge is 0.439 e. The molecule has 2 aromatic rings. The van der Waals surface area contributed by atoms with Crippen molar-refractivity contribution in [2.75, 3.05) is 18.1 Å². The summed E-state index contributed by atoms with van der Waals surface area (Å²) < 4.78 is 5.61. The van der Waals surface area contributed by atoms with Crippen molar-refractivity contribution in [1.29, 1.82) is 0 Å². The van der Waals surface area contributed by atoms with Gasteiger partial charge in [-0.25, -0.2) is 0 Å². The molecule has 0 atom stereocenters. The maximum absolute atomic E-state index is 5.61. The van der Waals surface area contributed by atoms with Crippen LogP contribution in [0.2, 0.25) is 0 Å². The van der Waals surface area contributed by atoms with Crippen LogP contribution in [0.5, 0.6) is 11.6 Å². The lowest BCUT2D eigenvalue weighted by molar-refractivity contribution is 0.462. The van der Waals surface area contributed by atoms with Gasteiger partial charge in [0.05, 0.1) is 0 Å². The van der Waals surface area contributed by atoms with E-state index in [-0.39, 0.29) is 5.95 Å². The summed E-state index contributed by atoms with van der Waals surface area (Å²) in [5, 5.41) is 2.89. The number of nitrogens with zero attached hydrogens (tertiary/aromatic N) is 2. The first-order valence-corrected chi connectivity index (χ1v) is 5.24. The van der Waals surface area contributed by atoms with Crippen LogP contribution in [0.25, 0.3) is 0 Å². The first kappa shape index (κ1) is 11.2. The zero-order chi connectivity index (χ0) is 12.3. The minimum atomic E-state index is 0.180. The van der Waals surface area contributed by atoms with E-state index >= 15 is 0 Å². The smallest absolute Gasteiger partial charge is 0.226 e. The second kappa shape index (κ2) is 4.69. The maximum atomic E-state index is 5.61. The van der Waals surface area contributed by atoms with Gasteiger partial charge in [-0.1, -0.05) is 12.1 Å². The third-order valence-corrected chi connectivity index (χ3v) is 2.19.